The average molecular weight is 290 g/mol. The number of hydrogen-bond acceptors (Lipinski definition) is 5. The van der Waals surface area contributed by atoms with E-state index in [0.29, 0.717) is 19.1 Å². The van der Waals surface area contributed by atoms with Gasteiger partial charge in [0.05, 0.1) is 13.2 Å². The summed E-state index contributed by atoms with van der Waals surface area (Å²) in [7, 11) is 2.05. The van der Waals surface area contributed by atoms with Crippen LogP contribution in [-0.2, 0) is 23.1 Å². The lowest BCUT2D eigenvalue weighted by atomic mass is 9.85. The predicted molar refractivity (Wildman–Crippen MR) is 75.5 cm³/mol. The molecule has 0 radical (unpaired) electrons. The van der Waals surface area contributed by atoms with Crippen LogP contribution < -0.4 is 0 Å². The molecule has 3 fully saturated rings. The average Bonchev–Trinajstić information content (AvgIpc) is 3.07. The highest BCUT2D eigenvalue weighted by molar-refractivity contribution is 5.83. The molecular weight excluding hydrogens is 268 g/mol. The third kappa shape index (κ3) is 1.92. The first-order chi connectivity index (χ1) is 10.2. The molecule has 2 saturated heterocycles. The van der Waals surface area contributed by atoms with E-state index >= 15 is 0 Å². The first kappa shape index (κ1) is 13.2. The zero-order valence-corrected chi connectivity index (χ0v) is 12.5. The highest BCUT2D eigenvalue weighted by atomic mass is 16.5. The Labute approximate surface area is 124 Å². The van der Waals surface area contributed by atoms with Gasteiger partial charge in [0, 0.05) is 19.4 Å². The van der Waals surface area contributed by atoms with Gasteiger partial charge in [-0.25, -0.2) is 0 Å². The molecule has 0 N–H and O–H groups in total. The Kier molecular flexibility index (Phi) is 3.03. The Bertz CT molecular complexity index is 562. The van der Waals surface area contributed by atoms with E-state index in [0.717, 1.165) is 37.5 Å². The van der Waals surface area contributed by atoms with Gasteiger partial charge in [-0.15, -0.1) is 10.2 Å². The van der Waals surface area contributed by atoms with Crippen LogP contribution >= 0.6 is 0 Å². The molecule has 1 atom stereocenters. The summed E-state index contributed by atoms with van der Waals surface area (Å²) in [6.07, 6.45) is 6.55. The summed E-state index contributed by atoms with van der Waals surface area (Å²) in [6.45, 7) is 2.20. The van der Waals surface area contributed by atoms with Gasteiger partial charge in [-0.2, -0.15) is 0 Å². The first-order valence-electron chi connectivity index (χ1n) is 8.01. The van der Waals surface area contributed by atoms with E-state index in [4.69, 9.17) is 4.74 Å². The molecule has 114 valence electrons. The van der Waals surface area contributed by atoms with Gasteiger partial charge in [0.1, 0.15) is 17.2 Å². The van der Waals surface area contributed by atoms with Crippen LogP contribution in [0.5, 0.6) is 0 Å². The van der Waals surface area contributed by atoms with Crippen molar-refractivity contribution in [1.29, 1.82) is 0 Å². The summed E-state index contributed by atoms with van der Waals surface area (Å²) in [5.41, 5.74) is -0.386. The fourth-order valence-corrected chi connectivity index (χ4v) is 3.93. The largest absolute Gasteiger partial charge is 0.464 e. The third-order valence-electron chi connectivity index (χ3n) is 5.55. The Hall–Kier alpha value is -1.43. The van der Waals surface area contributed by atoms with Crippen molar-refractivity contribution in [2.24, 2.45) is 7.05 Å². The number of hydrogen-bond donors (Lipinski definition) is 0. The van der Waals surface area contributed by atoms with Crippen LogP contribution in [0.25, 0.3) is 0 Å². The molecule has 21 heavy (non-hydrogen) atoms. The van der Waals surface area contributed by atoms with Crippen molar-refractivity contribution >= 4 is 5.97 Å². The zero-order chi connectivity index (χ0) is 14.4. The highest BCUT2D eigenvalue weighted by Gasteiger charge is 2.52. The maximum absolute atomic E-state index is 12.1. The summed E-state index contributed by atoms with van der Waals surface area (Å²) in [5, 5.41) is 8.76. The van der Waals surface area contributed by atoms with Gasteiger partial charge < -0.3 is 9.30 Å². The molecule has 2 aliphatic heterocycles. The second-order valence-electron chi connectivity index (χ2n) is 6.60. The van der Waals surface area contributed by atoms with E-state index in [-0.39, 0.29) is 11.5 Å². The summed E-state index contributed by atoms with van der Waals surface area (Å²) < 4.78 is 7.37. The third-order valence-corrected chi connectivity index (χ3v) is 5.55. The van der Waals surface area contributed by atoms with E-state index < -0.39 is 0 Å². The number of likely N-dealkylation sites (tertiary alicyclic amines) is 1. The molecule has 1 spiro atoms. The second-order valence-corrected chi connectivity index (χ2v) is 6.60. The lowest BCUT2D eigenvalue weighted by Crippen LogP contribution is -2.47. The fraction of sp³-hybridized carbons (Fsp3) is 0.800. The van der Waals surface area contributed by atoms with Crippen LogP contribution in [0.4, 0.5) is 0 Å². The second kappa shape index (κ2) is 4.80. The molecule has 0 bridgehead atoms. The number of carbonyl (C=O) groups excluding carboxylic acids is 1. The van der Waals surface area contributed by atoms with Crippen LogP contribution in [0.15, 0.2) is 0 Å². The smallest absolute Gasteiger partial charge is 0.326 e. The van der Waals surface area contributed by atoms with Crippen LogP contribution in [0, 0.1) is 0 Å². The van der Waals surface area contributed by atoms with Crippen LogP contribution in [0.1, 0.15) is 56.1 Å². The van der Waals surface area contributed by atoms with E-state index in [1.807, 2.05) is 0 Å². The molecule has 1 aromatic rings. The molecule has 1 unspecified atom stereocenters. The van der Waals surface area contributed by atoms with Gasteiger partial charge in [-0.3, -0.25) is 9.69 Å². The molecule has 6 nitrogen and oxygen atoms in total. The molecule has 1 aliphatic carbocycles. The van der Waals surface area contributed by atoms with Gasteiger partial charge in [-0.1, -0.05) is 6.42 Å². The summed E-state index contributed by atoms with van der Waals surface area (Å²) in [4.78, 5) is 14.4. The van der Waals surface area contributed by atoms with Crippen molar-refractivity contribution in [3.63, 3.8) is 0 Å². The highest BCUT2D eigenvalue weighted by Crippen LogP contribution is 2.39. The molecule has 3 aliphatic rings. The number of nitrogens with zero attached hydrogens (tertiary/aromatic N) is 4. The van der Waals surface area contributed by atoms with Gasteiger partial charge >= 0.3 is 5.97 Å². The summed E-state index contributed by atoms with van der Waals surface area (Å²) >= 11 is 0. The van der Waals surface area contributed by atoms with Crippen molar-refractivity contribution in [3.8, 4) is 0 Å². The van der Waals surface area contributed by atoms with Crippen LogP contribution in [0.2, 0.25) is 0 Å². The van der Waals surface area contributed by atoms with E-state index in [1.54, 1.807) is 0 Å². The number of ether oxygens (including phenoxy) is 1. The molecule has 4 rings (SSSR count). The lowest BCUT2D eigenvalue weighted by Gasteiger charge is -2.30. The maximum atomic E-state index is 12.1. The SMILES string of the molecule is Cn1c(CN2CCCC23CCOC3=O)nnc1C1CCC1. The minimum Gasteiger partial charge on any atom is -0.464 e. The molecule has 1 saturated carbocycles. The van der Waals surface area contributed by atoms with E-state index in [1.165, 1.54) is 19.3 Å². The number of carbonyl (C=O) groups is 1. The number of esters is 1. The number of cyclic esters (lactones) is 1. The topological polar surface area (TPSA) is 60.2 Å². The predicted octanol–water partition coefficient (Wildman–Crippen LogP) is 1.36. The summed E-state index contributed by atoms with van der Waals surface area (Å²) in [5.74, 6) is 2.62. The Morgan fingerprint density at radius 1 is 1.29 bits per heavy atom. The molecule has 6 heteroatoms. The molecular formula is C15H22N4O2. The van der Waals surface area contributed by atoms with Crippen LogP contribution in [-0.4, -0.2) is 44.3 Å². The van der Waals surface area contributed by atoms with Gasteiger partial charge in [0.2, 0.25) is 0 Å². The first-order valence-corrected chi connectivity index (χ1v) is 8.01. The normalized spacial score (nSPS) is 30.0. The van der Waals surface area contributed by atoms with Gasteiger partial charge in [0.15, 0.2) is 0 Å². The standard InChI is InChI=1S/C15H22N4O2/c1-18-12(16-17-13(18)11-4-2-5-11)10-19-8-3-6-15(19)7-9-21-14(15)20/h11H,2-10H2,1H3. The minimum absolute atomic E-state index is 0.0404. The quantitative estimate of drug-likeness (QED) is 0.787. The Morgan fingerprint density at radius 2 is 2.14 bits per heavy atom. The van der Waals surface area contributed by atoms with Crippen molar-refractivity contribution in [1.82, 2.24) is 19.7 Å². The zero-order valence-electron chi connectivity index (χ0n) is 12.5. The number of rotatable bonds is 3. The molecule has 0 aromatic carbocycles. The lowest BCUT2D eigenvalue weighted by molar-refractivity contribution is -0.147. The van der Waals surface area contributed by atoms with E-state index in [2.05, 4.69) is 26.7 Å². The van der Waals surface area contributed by atoms with E-state index in [9.17, 15) is 4.79 Å². The fourth-order valence-electron chi connectivity index (χ4n) is 3.93. The molecule has 1 aromatic heterocycles. The minimum atomic E-state index is -0.386. The van der Waals surface area contributed by atoms with Gasteiger partial charge in [-0.05, 0) is 32.2 Å². The summed E-state index contributed by atoms with van der Waals surface area (Å²) in [6, 6.07) is 0. The Morgan fingerprint density at radius 3 is 2.81 bits per heavy atom. The van der Waals surface area contributed by atoms with Crippen molar-refractivity contribution < 1.29 is 9.53 Å². The Balaban J connectivity index is 1.55. The van der Waals surface area contributed by atoms with Crippen LogP contribution in [0.3, 0.4) is 0 Å². The van der Waals surface area contributed by atoms with Gasteiger partial charge in [0.25, 0.3) is 0 Å². The molecule has 3 heterocycles. The monoisotopic (exact) mass is 290 g/mol. The molecule has 0 amide bonds. The maximum Gasteiger partial charge on any atom is 0.326 e. The van der Waals surface area contributed by atoms with Crippen molar-refractivity contribution in [2.45, 2.75) is 56.5 Å². The van der Waals surface area contributed by atoms with Crippen molar-refractivity contribution in [2.75, 3.05) is 13.2 Å². The van der Waals surface area contributed by atoms with Crippen molar-refractivity contribution in [3.05, 3.63) is 11.6 Å². The number of aromatic nitrogens is 3.